The summed E-state index contributed by atoms with van der Waals surface area (Å²) < 4.78 is 0. The van der Waals surface area contributed by atoms with Gasteiger partial charge in [-0.1, -0.05) is 55.0 Å². The highest BCUT2D eigenvalue weighted by Crippen LogP contribution is 2.45. The van der Waals surface area contributed by atoms with Crippen molar-refractivity contribution in [3.05, 3.63) is 75.9 Å². The van der Waals surface area contributed by atoms with Crippen LogP contribution in [0.25, 0.3) is 5.57 Å². The van der Waals surface area contributed by atoms with Crippen molar-refractivity contribution < 1.29 is 0 Å². The Labute approximate surface area is 122 Å². The number of rotatable bonds is 2. The van der Waals surface area contributed by atoms with E-state index in [-0.39, 0.29) is 0 Å². The summed E-state index contributed by atoms with van der Waals surface area (Å²) in [5, 5.41) is 0. The highest BCUT2D eigenvalue weighted by atomic mass is 14.3. The van der Waals surface area contributed by atoms with E-state index in [0.29, 0.717) is 5.92 Å². The molecule has 1 atom stereocenters. The summed E-state index contributed by atoms with van der Waals surface area (Å²) >= 11 is 0. The van der Waals surface area contributed by atoms with Crippen LogP contribution in [-0.2, 0) is 0 Å². The standard InChI is InChI=1S/C20H22/c1-13-14(2)16(4)20(15(13)3)19-12-8-11-18(19)17-9-6-5-7-10-17/h5-7,9-12,15H,8H2,1-4H3. The summed E-state index contributed by atoms with van der Waals surface area (Å²) in [7, 11) is 0. The molecule has 1 unspecified atom stereocenters. The Bertz CT molecular complexity index is 663. The Hall–Kier alpha value is -1.82. The lowest BCUT2D eigenvalue weighted by atomic mass is 9.86. The molecule has 3 rings (SSSR count). The Kier molecular flexibility index (Phi) is 3.25. The van der Waals surface area contributed by atoms with E-state index in [0.717, 1.165) is 6.42 Å². The van der Waals surface area contributed by atoms with E-state index in [4.69, 9.17) is 0 Å². The Morgan fingerprint density at radius 1 is 0.850 bits per heavy atom. The van der Waals surface area contributed by atoms with Crippen LogP contribution in [0.1, 0.15) is 39.7 Å². The molecule has 0 saturated carbocycles. The minimum atomic E-state index is 0.548. The van der Waals surface area contributed by atoms with Crippen LogP contribution in [0, 0.1) is 5.92 Å². The lowest BCUT2D eigenvalue weighted by molar-refractivity contribution is 0.829. The van der Waals surface area contributed by atoms with Gasteiger partial charge in [-0.3, -0.25) is 0 Å². The topological polar surface area (TPSA) is 0 Å². The zero-order chi connectivity index (χ0) is 14.3. The van der Waals surface area contributed by atoms with Crippen molar-refractivity contribution in [3.8, 4) is 0 Å². The van der Waals surface area contributed by atoms with E-state index in [1.807, 2.05) is 0 Å². The molecule has 0 spiro atoms. The van der Waals surface area contributed by atoms with Crippen molar-refractivity contribution >= 4 is 5.57 Å². The van der Waals surface area contributed by atoms with E-state index < -0.39 is 0 Å². The second-order valence-corrected chi connectivity index (χ2v) is 5.91. The van der Waals surface area contributed by atoms with Crippen molar-refractivity contribution in [1.82, 2.24) is 0 Å². The molecule has 0 nitrogen and oxygen atoms in total. The van der Waals surface area contributed by atoms with E-state index >= 15 is 0 Å². The van der Waals surface area contributed by atoms with Crippen molar-refractivity contribution in [2.75, 3.05) is 0 Å². The van der Waals surface area contributed by atoms with Gasteiger partial charge in [0, 0.05) is 5.92 Å². The summed E-state index contributed by atoms with van der Waals surface area (Å²) in [5.74, 6) is 0.548. The predicted octanol–water partition coefficient (Wildman–Crippen LogP) is 5.70. The average Bonchev–Trinajstić information content (AvgIpc) is 3.01. The Morgan fingerprint density at radius 3 is 2.10 bits per heavy atom. The first-order valence-corrected chi connectivity index (χ1v) is 7.46. The molecule has 0 amide bonds. The fourth-order valence-corrected chi connectivity index (χ4v) is 3.46. The van der Waals surface area contributed by atoms with Gasteiger partial charge in [0.25, 0.3) is 0 Å². The molecule has 0 heterocycles. The van der Waals surface area contributed by atoms with Gasteiger partial charge in [0.2, 0.25) is 0 Å². The molecular weight excluding hydrogens is 240 g/mol. The Balaban J connectivity index is 2.03. The van der Waals surface area contributed by atoms with Crippen LogP contribution in [0.3, 0.4) is 0 Å². The molecule has 1 aromatic carbocycles. The van der Waals surface area contributed by atoms with Gasteiger partial charge in [0.15, 0.2) is 0 Å². The van der Waals surface area contributed by atoms with Gasteiger partial charge in [0.1, 0.15) is 0 Å². The molecule has 0 fully saturated rings. The maximum atomic E-state index is 2.39. The number of benzene rings is 1. The molecule has 102 valence electrons. The van der Waals surface area contributed by atoms with Gasteiger partial charge in [-0.15, -0.1) is 0 Å². The Morgan fingerprint density at radius 2 is 1.50 bits per heavy atom. The normalized spacial score (nSPS) is 22.5. The smallest absolute Gasteiger partial charge is 0.00316 e. The predicted molar refractivity (Wildman–Crippen MR) is 87.4 cm³/mol. The van der Waals surface area contributed by atoms with Gasteiger partial charge in [-0.25, -0.2) is 0 Å². The molecule has 1 aromatic rings. The van der Waals surface area contributed by atoms with Gasteiger partial charge in [0.05, 0.1) is 0 Å². The summed E-state index contributed by atoms with van der Waals surface area (Å²) in [6.07, 6.45) is 5.81. The molecule has 0 N–H and O–H groups in total. The molecule has 0 heteroatoms. The van der Waals surface area contributed by atoms with Gasteiger partial charge in [-0.05, 0) is 60.6 Å². The number of hydrogen-bond donors (Lipinski definition) is 0. The first-order valence-electron chi connectivity index (χ1n) is 7.46. The maximum Gasteiger partial charge on any atom is 0.00316 e. The fourth-order valence-electron chi connectivity index (χ4n) is 3.46. The van der Waals surface area contributed by atoms with E-state index in [1.54, 1.807) is 0 Å². The number of hydrogen-bond acceptors (Lipinski definition) is 0. The van der Waals surface area contributed by atoms with Gasteiger partial charge in [-0.2, -0.15) is 0 Å². The third-order valence-corrected chi connectivity index (χ3v) is 4.95. The van der Waals surface area contributed by atoms with Gasteiger partial charge < -0.3 is 0 Å². The van der Waals surface area contributed by atoms with Crippen molar-refractivity contribution in [2.24, 2.45) is 5.92 Å². The zero-order valence-corrected chi connectivity index (χ0v) is 12.8. The molecule has 0 aromatic heterocycles. The molecular formula is C20H22. The van der Waals surface area contributed by atoms with Crippen LogP contribution in [0.2, 0.25) is 0 Å². The van der Waals surface area contributed by atoms with Crippen molar-refractivity contribution in [2.45, 2.75) is 34.1 Å². The average molecular weight is 262 g/mol. The fraction of sp³-hybridized carbons (Fsp3) is 0.300. The van der Waals surface area contributed by atoms with Crippen molar-refractivity contribution in [1.29, 1.82) is 0 Å². The molecule has 2 aliphatic carbocycles. The largest absolute Gasteiger partial charge is 0.0725 e. The first kappa shape index (κ1) is 13.2. The minimum Gasteiger partial charge on any atom is -0.0725 e. The van der Waals surface area contributed by atoms with Crippen LogP contribution in [-0.4, -0.2) is 0 Å². The van der Waals surface area contributed by atoms with Crippen LogP contribution >= 0.6 is 0 Å². The summed E-state index contributed by atoms with van der Waals surface area (Å²) in [6.45, 7) is 9.15. The zero-order valence-electron chi connectivity index (χ0n) is 12.8. The maximum absolute atomic E-state index is 2.39. The summed E-state index contributed by atoms with van der Waals surface area (Å²) in [5.41, 5.74) is 10.2. The second kappa shape index (κ2) is 4.94. The second-order valence-electron chi connectivity index (χ2n) is 5.91. The molecule has 20 heavy (non-hydrogen) atoms. The first-order chi connectivity index (χ1) is 9.61. The van der Waals surface area contributed by atoms with Gasteiger partial charge >= 0.3 is 0 Å². The lowest BCUT2D eigenvalue weighted by Gasteiger charge is -2.17. The molecule has 0 saturated heterocycles. The summed E-state index contributed by atoms with van der Waals surface area (Å²) in [4.78, 5) is 0. The molecule has 0 aliphatic heterocycles. The third-order valence-electron chi connectivity index (χ3n) is 4.95. The highest BCUT2D eigenvalue weighted by molar-refractivity contribution is 5.87. The van der Waals surface area contributed by atoms with Crippen LogP contribution in [0.4, 0.5) is 0 Å². The monoisotopic (exact) mass is 262 g/mol. The lowest BCUT2D eigenvalue weighted by Crippen LogP contribution is -2.01. The van der Waals surface area contributed by atoms with Crippen LogP contribution in [0.5, 0.6) is 0 Å². The SMILES string of the molecule is CC1=C(C)C(C)C(C2=CCC=C2c2ccccc2)=C1C. The third kappa shape index (κ3) is 1.91. The quantitative estimate of drug-likeness (QED) is 0.641. The minimum absolute atomic E-state index is 0.548. The molecule has 2 aliphatic rings. The number of allylic oxidation sites excluding steroid dienone is 8. The highest BCUT2D eigenvalue weighted by Gasteiger charge is 2.28. The van der Waals surface area contributed by atoms with E-state index in [2.05, 4.69) is 70.2 Å². The molecule has 0 bridgehead atoms. The molecule has 0 radical (unpaired) electrons. The van der Waals surface area contributed by atoms with Crippen LogP contribution in [0.15, 0.2) is 70.3 Å². The summed E-state index contributed by atoms with van der Waals surface area (Å²) in [6, 6.07) is 10.8. The van der Waals surface area contributed by atoms with Crippen molar-refractivity contribution in [3.63, 3.8) is 0 Å². The van der Waals surface area contributed by atoms with E-state index in [1.165, 1.54) is 39.0 Å². The van der Waals surface area contributed by atoms with Crippen LogP contribution < -0.4 is 0 Å². The van der Waals surface area contributed by atoms with E-state index in [9.17, 15) is 0 Å².